The van der Waals surface area contributed by atoms with Crippen molar-refractivity contribution in [2.45, 2.75) is 0 Å². The first kappa shape index (κ1) is 8.13. The van der Waals surface area contributed by atoms with E-state index in [0.29, 0.717) is 0 Å². The van der Waals surface area contributed by atoms with Gasteiger partial charge in [-0.15, -0.1) is 0 Å². The van der Waals surface area contributed by atoms with Crippen LogP contribution in [0.1, 0.15) is 0 Å². The van der Waals surface area contributed by atoms with Gasteiger partial charge in [-0.1, -0.05) is 0 Å². The van der Waals surface area contributed by atoms with Gasteiger partial charge in [0.1, 0.15) is 0 Å². The van der Waals surface area contributed by atoms with Gasteiger partial charge in [-0.3, -0.25) is 0 Å². The monoisotopic (exact) mass is 206 g/mol. The van der Waals surface area contributed by atoms with Crippen molar-refractivity contribution in [1.29, 1.82) is 0 Å². The normalized spacial score (nSPS) is 21.8. The van der Waals surface area contributed by atoms with Crippen LogP contribution in [0.15, 0.2) is 0 Å². The van der Waals surface area contributed by atoms with E-state index < -0.39 is 13.3 Å². The standard InChI is InChI=1S/CH3F5OSe/c1-7-8(2,3,4,5)6/h1H3. The molecule has 54 valence electrons. The zero-order valence-electron chi connectivity index (χ0n) is 3.71. The minimum atomic E-state index is -10.0. The van der Waals surface area contributed by atoms with Crippen molar-refractivity contribution in [3.8, 4) is 0 Å². The molecule has 0 radical (unpaired) electrons. The van der Waals surface area contributed by atoms with Gasteiger partial charge in [0.05, 0.1) is 0 Å². The van der Waals surface area contributed by atoms with E-state index >= 15 is 0 Å². The molecule has 0 saturated carbocycles. The summed E-state index contributed by atoms with van der Waals surface area (Å²) in [5.74, 6) is 0. The molecule has 0 atom stereocenters. The quantitative estimate of drug-likeness (QED) is 0.468. The van der Waals surface area contributed by atoms with Crippen LogP contribution in [0.25, 0.3) is 0 Å². The van der Waals surface area contributed by atoms with Crippen molar-refractivity contribution in [1.82, 2.24) is 0 Å². The summed E-state index contributed by atoms with van der Waals surface area (Å²) in [6, 6.07) is 0. The molecule has 8 heavy (non-hydrogen) atoms. The van der Waals surface area contributed by atoms with Crippen molar-refractivity contribution in [2.75, 3.05) is 7.11 Å². The van der Waals surface area contributed by atoms with Crippen LogP contribution in [-0.4, -0.2) is 20.4 Å². The Morgan fingerprint density at radius 2 is 1.12 bits per heavy atom. The van der Waals surface area contributed by atoms with E-state index in [2.05, 4.69) is 3.82 Å². The number of rotatable bonds is 1. The average Bonchev–Trinajstić information content (AvgIpc) is 1.30. The van der Waals surface area contributed by atoms with Gasteiger partial charge in [0, 0.05) is 0 Å². The molecule has 0 unspecified atom stereocenters. The van der Waals surface area contributed by atoms with Gasteiger partial charge in [-0.2, -0.15) is 0 Å². The Balaban J connectivity index is 4.50. The SMILES string of the molecule is CO[Se](F)(F)(F)(F)F. The molecule has 7 heteroatoms. The molecule has 0 N–H and O–H groups in total. The Labute approximate surface area is 43.0 Å². The zero-order valence-corrected chi connectivity index (χ0v) is 5.42. The summed E-state index contributed by atoms with van der Waals surface area (Å²) in [6.45, 7) is 0. The Morgan fingerprint density at radius 3 is 1.12 bits per heavy atom. The fourth-order valence-electron chi connectivity index (χ4n) is 0. The van der Waals surface area contributed by atoms with Gasteiger partial charge < -0.3 is 0 Å². The molecular weight excluding hydrogens is 202 g/mol. The molecule has 0 rings (SSSR count). The van der Waals surface area contributed by atoms with Gasteiger partial charge in [0.25, 0.3) is 0 Å². The summed E-state index contributed by atoms with van der Waals surface area (Å²) < 4.78 is 56.0. The van der Waals surface area contributed by atoms with Crippen molar-refractivity contribution in [2.24, 2.45) is 0 Å². The molecule has 0 amide bonds. The molecule has 0 aromatic rings. The Bertz CT molecular complexity index is 95.6. The van der Waals surface area contributed by atoms with Gasteiger partial charge in [-0.05, 0) is 0 Å². The number of halogens is 5. The third kappa shape index (κ3) is 6.13. The molecule has 0 spiro atoms. The molecule has 0 fully saturated rings. The summed E-state index contributed by atoms with van der Waals surface area (Å²) in [7, 11) is -0.0741. The minimum absolute atomic E-state index is 0.0741. The third-order valence-electron chi connectivity index (χ3n) is 0.315. The van der Waals surface area contributed by atoms with Crippen molar-refractivity contribution in [3.05, 3.63) is 0 Å². The van der Waals surface area contributed by atoms with Gasteiger partial charge >= 0.3 is 42.0 Å². The first-order valence-electron chi connectivity index (χ1n) is 1.35. The molecule has 0 aromatic heterocycles. The van der Waals surface area contributed by atoms with Crippen LogP contribution in [0, 0.1) is 0 Å². The maximum absolute atomic E-state index is 10.8. The van der Waals surface area contributed by atoms with E-state index in [0.717, 1.165) is 0 Å². The zero-order chi connectivity index (χ0) is 7.12. The van der Waals surface area contributed by atoms with E-state index in [4.69, 9.17) is 0 Å². The van der Waals surface area contributed by atoms with E-state index in [-0.39, 0.29) is 7.11 Å². The van der Waals surface area contributed by atoms with Crippen molar-refractivity contribution >= 4 is 13.3 Å². The summed E-state index contributed by atoms with van der Waals surface area (Å²) >= 11 is -10.0. The second-order valence-corrected chi connectivity index (χ2v) is 5.53. The first-order valence-corrected chi connectivity index (χ1v) is 5.28. The fraction of sp³-hybridized carbons (Fsp3) is 1.00. The van der Waals surface area contributed by atoms with Crippen LogP contribution in [0.4, 0.5) is 17.8 Å². The van der Waals surface area contributed by atoms with Crippen molar-refractivity contribution in [3.63, 3.8) is 0 Å². The topological polar surface area (TPSA) is 9.23 Å². The Hall–Kier alpha value is 0.129. The average molecular weight is 205 g/mol. The Morgan fingerprint density at radius 1 is 1.00 bits per heavy atom. The van der Waals surface area contributed by atoms with E-state index in [1.54, 1.807) is 0 Å². The van der Waals surface area contributed by atoms with Crippen LogP contribution in [-0.2, 0) is 3.82 Å². The molecule has 0 saturated heterocycles. The molecule has 0 aromatic carbocycles. The predicted molar refractivity (Wildman–Crippen MR) is 18.3 cm³/mol. The summed E-state index contributed by atoms with van der Waals surface area (Å²) in [4.78, 5) is 0. The van der Waals surface area contributed by atoms with Gasteiger partial charge in [0.2, 0.25) is 0 Å². The number of hydrogen-bond acceptors (Lipinski definition) is 1. The van der Waals surface area contributed by atoms with Crippen LogP contribution in [0.2, 0.25) is 0 Å². The number of hydrogen-bond donors (Lipinski definition) is 0. The van der Waals surface area contributed by atoms with Crippen LogP contribution < -0.4 is 0 Å². The third-order valence-corrected chi connectivity index (χ3v) is 1.64. The molecular formula is CH3F5OSe. The van der Waals surface area contributed by atoms with Gasteiger partial charge in [0.15, 0.2) is 0 Å². The molecule has 0 aliphatic carbocycles. The molecule has 1 nitrogen and oxygen atoms in total. The van der Waals surface area contributed by atoms with Crippen LogP contribution >= 0.6 is 0 Å². The van der Waals surface area contributed by atoms with Crippen LogP contribution in [0.5, 0.6) is 0 Å². The molecule has 0 heterocycles. The van der Waals surface area contributed by atoms with E-state index in [1.807, 2.05) is 0 Å². The van der Waals surface area contributed by atoms with E-state index in [9.17, 15) is 17.8 Å². The maximum atomic E-state index is 10.8. The fourth-order valence-corrected chi connectivity index (χ4v) is 0. The van der Waals surface area contributed by atoms with Crippen LogP contribution in [0.3, 0.4) is 0 Å². The summed E-state index contributed by atoms with van der Waals surface area (Å²) in [5, 5.41) is 0. The molecule has 0 aliphatic rings. The molecule has 0 bridgehead atoms. The first-order chi connectivity index (χ1) is 3.04. The predicted octanol–water partition coefficient (Wildman–Crippen LogP) is 1.82. The van der Waals surface area contributed by atoms with E-state index in [1.165, 1.54) is 0 Å². The molecule has 0 aliphatic heterocycles. The summed E-state index contributed by atoms with van der Waals surface area (Å²) in [5.41, 5.74) is 0. The second-order valence-electron chi connectivity index (χ2n) is 1.06. The van der Waals surface area contributed by atoms with Gasteiger partial charge in [-0.25, -0.2) is 0 Å². The second kappa shape index (κ2) is 1.03. The summed E-state index contributed by atoms with van der Waals surface area (Å²) in [6.07, 6.45) is 0. The Kier molecular flexibility index (Phi) is 1.05. The van der Waals surface area contributed by atoms with Crippen molar-refractivity contribution < 1.29 is 21.6 Å².